The van der Waals surface area contributed by atoms with Gasteiger partial charge in [-0.1, -0.05) is 6.07 Å². The lowest BCUT2D eigenvalue weighted by Crippen LogP contribution is -2.15. The first-order valence-corrected chi connectivity index (χ1v) is 5.31. The van der Waals surface area contributed by atoms with E-state index >= 15 is 0 Å². The zero-order valence-corrected chi connectivity index (χ0v) is 9.97. The largest absolute Gasteiger partial charge is 0.478 e. The number of hydrogen-bond donors (Lipinski definition) is 4. The van der Waals surface area contributed by atoms with E-state index in [0.29, 0.717) is 11.3 Å². The van der Waals surface area contributed by atoms with Crippen LogP contribution in [0.5, 0.6) is 0 Å². The Morgan fingerprint density at radius 3 is 2.74 bits per heavy atom. The molecule has 0 spiro atoms. The fourth-order valence-electron chi connectivity index (χ4n) is 1.56. The maximum absolute atomic E-state index is 11.8. The van der Waals surface area contributed by atoms with E-state index in [9.17, 15) is 9.59 Å². The second-order valence-electron chi connectivity index (χ2n) is 3.78. The molecule has 0 fully saturated rings. The standard InChI is InChI=1S/C11H11N5O3/c1-5-6(10(18)19)3-2-4-7(5)13-9(17)8-14-11(12)16-15-8/h2-4H,1H3,(H,13,17)(H,18,19)(H3,12,14,15,16). The predicted octanol–water partition coefficient (Wildman–Crippen LogP) is 0.646. The summed E-state index contributed by atoms with van der Waals surface area (Å²) in [7, 11) is 0. The Hall–Kier alpha value is -2.90. The molecule has 1 aromatic heterocycles. The minimum absolute atomic E-state index is 0.0406. The molecule has 98 valence electrons. The summed E-state index contributed by atoms with van der Waals surface area (Å²) in [4.78, 5) is 26.5. The van der Waals surface area contributed by atoms with Crippen LogP contribution in [0.2, 0.25) is 0 Å². The summed E-state index contributed by atoms with van der Waals surface area (Å²) in [6, 6.07) is 4.60. The number of nitrogens with zero attached hydrogens (tertiary/aromatic N) is 2. The molecule has 2 aromatic rings. The number of aromatic amines is 1. The summed E-state index contributed by atoms with van der Waals surface area (Å²) in [6.45, 7) is 1.60. The molecule has 0 aliphatic rings. The number of carbonyl (C=O) groups is 2. The molecule has 0 aliphatic heterocycles. The number of hydrogen-bond acceptors (Lipinski definition) is 5. The van der Waals surface area contributed by atoms with Crippen molar-refractivity contribution >= 4 is 23.5 Å². The predicted molar refractivity (Wildman–Crippen MR) is 66.9 cm³/mol. The maximum atomic E-state index is 11.8. The number of carboxylic acid groups (broad SMARTS) is 1. The van der Waals surface area contributed by atoms with Gasteiger partial charge in [0.25, 0.3) is 5.91 Å². The minimum Gasteiger partial charge on any atom is -0.478 e. The van der Waals surface area contributed by atoms with E-state index < -0.39 is 11.9 Å². The molecule has 1 amide bonds. The lowest BCUT2D eigenvalue weighted by Gasteiger charge is -2.08. The third kappa shape index (κ3) is 2.51. The average Bonchev–Trinajstić information content (AvgIpc) is 2.78. The number of amides is 1. The number of aromatic nitrogens is 3. The SMILES string of the molecule is Cc1c(NC(=O)c2nc(N)n[nH]2)cccc1C(=O)O. The number of anilines is 2. The third-order valence-electron chi connectivity index (χ3n) is 2.53. The summed E-state index contributed by atoms with van der Waals surface area (Å²) >= 11 is 0. The van der Waals surface area contributed by atoms with Crippen LogP contribution in [0.25, 0.3) is 0 Å². The van der Waals surface area contributed by atoms with Gasteiger partial charge in [0, 0.05) is 5.69 Å². The van der Waals surface area contributed by atoms with Crippen LogP contribution in [0.4, 0.5) is 11.6 Å². The molecule has 0 saturated heterocycles. The van der Waals surface area contributed by atoms with Gasteiger partial charge >= 0.3 is 5.97 Å². The van der Waals surface area contributed by atoms with Gasteiger partial charge in [-0.2, -0.15) is 4.98 Å². The Morgan fingerprint density at radius 1 is 1.42 bits per heavy atom. The number of H-pyrrole nitrogens is 1. The van der Waals surface area contributed by atoms with Gasteiger partial charge in [-0.3, -0.25) is 9.89 Å². The molecular weight excluding hydrogens is 250 g/mol. The number of nitrogens with one attached hydrogen (secondary N) is 2. The highest BCUT2D eigenvalue weighted by atomic mass is 16.4. The van der Waals surface area contributed by atoms with E-state index in [1.54, 1.807) is 19.1 Å². The second-order valence-corrected chi connectivity index (χ2v) is 3.78. The lowest BCUT2D eigenvalue weighted by molar-refractivity contribution is 0.0695. The molecule has 19 heavy (non-hydrogen) atoms. The topological polar surface area (TPSA) is 134 Å². The van der Waals surface area contributed by atoms with Gasteiger partial charge in [0.2, 0.25) is 11.8 Å². The van der Waals surface area contributed by atoms with Crippen molar-refractivity contribution in [3.63, 3.8) is 0 Å². The first-order chi connectivity index (χ1) is 8.99. The molecule has 0 saturated carbocycles. The summed E-state index contributed by atoms with van der Waals surface area (Å²) in [6.07, 6.45) is 0. The van der Waals surface area contributed by atoms with Gasteiger partial charge in [-0.25, -0.2) is 4.79 Å². The van der Waals surface area contributed by atoms with Crippen LogP contribution in [0, 0.1) is 6.92 Å². The quantitative estimate of drug-likeness (QED) is 0.640. The normalized spacial score (nSPS) is 10.2. The number of carboxylic acids is 1. The fourth-order valence-corrected chi connectivity index (χ4v) is 1.56. The molecule has 0 aliphatic carbocycles. The highest BCUT2D eigenvalue weighted by molar-refractivity contribution is 6.03. The van der Waals surface area contributed by atoms with Gasteiger partial charge in [0.05, 0.1) is 5.56 Å². The van der Waals surface area contributed by atoms with E-state index in [1.807, 2.05) is 0 Å². The van der Waals surface area contributed by atoms with Crippen molar-refractivity contribution in [3.8, 4) is 0 Å². The van der Waals surface area contributed by atoms with Crippen molar-refractivity contribution in [2.24, 2.45) is 0 Å². The Balaban J connectivity index is 2.27. The van der Waals surface area contributed by atoms with E-state index in [-0.39, 0.29) is 17.3 Å². The molecule has 1 aromatic carbocycles. The molecule has 1 heterocycles. The molecule has 8 nitrogen and oxygen atoms in total. The molecule has 8 heteroatoms. The Kier molecular flexibility index (Phi) is 3.15. The molecule has 0 bridgehead atoms. The van der Waals surface area contributed by atoms with Gasteiger partial charge in [0.15, 0.2) is 0 Å². The molecule has 0 radical (unpaired) electrons. The Bertz CT molecular complexity index is 650. The van der Waals surface area contributed by atoms with Crippen LogP contribution in [-0.4, -0.2) is 32.2 Å². The molecule has 0 atom stereocenters. The summed E-state index contributed by atoms with van der Waals surface area (Å²) in [5, 5.41) is 17.4. The van der Waals surface area contributed by atoms with E-state index in [0.717, 1.165) is 0 Å². The average molecular weight is 261 g/mol. The number of aromatic carboxylic acids is 1. The van der Waals surface area contributed by atoms with Gasteiger partial charge in [0.1, 0.15) is 0 Å². The van der Waals surface area contributed by atoms with Crippen molar-refractivity contribution in [1.29, 1.82) is 0 Å². The van der Waals surface area contributed by atoms with E-state index in [1.165, 1.54) is 6.07 Å². The van der Waals surface area contributed by atoms with E-state index in [4.69, 9.17) is 10.8 Å². The van der Waals surface area contributed by atoms with E-state index in [2.05, 4.69) is 20.5 Å². The molecular formula is C11H11N5O3. The zero-order chi connectivity index (χ0) is 14.0. The Morgan fingerprint density at radius 2 is 2.16 bits per heavy atom. The number of benzene rings is 1. The van der Waals surface area contributed by atoms with Crippen molar-refractivity contribution in [1.82, 2.24) is 15.2 Å². The van der Waals surface area contributed by atoms with Crippen LogP contribution in [0.1, 0.15) is 26.5 Å². The van der Waals surface area contributed by atoms with Crippen molar-refractivity contribution in [3.05, 3.63) is 35.2 Å². The minimum atomic E-state index is -1.06. The van der Waals surface area contributed by atoms with Crippen molar-refractivity contribution in [2.75, 3.05) is 11.1 Å². The van der Waals surface area contributed by atoms with Gasteiger partial charge in [-0.05, 0) is 24.6 Å². The highest BCUT2D eigenvalue weighted by Gasteiger charge is 2.15. The summed E-state index contributed by atoms with van der Waals surface area (Å²) in [5.74, 6) is -1.69. The first kappa shape index (κ1) is 12.6. The molecule has 5 N–H and O–H groups in total. The van der Waals surface area contributed by atoms with Gasteiger partial charge in [-0.15, -0.1) is 5.10 Å². The monoisotopic (exact) mass is 261 g/mol. The maximum Gasteiger partial charge on any atom is 0.336 e. The lowest BCUT2D eigenvalue weighted by atomic mass is 10.1. The number of nitrogens with two attached hydrogens (primary N) is 1. The van der Waals surface area contributed by atoms with Crippen LogP contribution in [0.3, 0.4) is 0 Å². The smallest absolute Gasteiger partial charge is 0.336 e. The number of carbonyl (C=O) groups excluding carboxylic acids is 1. The Labute approximate surface area is 107 Å². The van der Waals surface area contributed by atoms with Crippen molar-refractivity contribution in [2.45, 2.75) is 6.92 Å². The summed E-state index contributed by atoms with van der Waals surface area (Å²) in [5.41, 5.74) is 6.26. The number of rotatable bonds is 3. The first-order valence-electron chi connectivity index (χ1n) is 5.31. The second kappa shape index (κ2) is 4.77. The van der Waals surface area contributed by atoms with Crippen LogP contribution in [-0.2, 0) is 0 Å². The van der Waals surface area contributed by atoms with Crippen LogP contribution >= 0.6 is 0 Å². The van der Waals surface area contributed by atoms with Gasteiger partial charge < -0.3 is 16.2 Å². The molecule has 2 rings (SSSR count). The van der Waals surface area contributed by atoms with Crippen molar-refractivity contribution < 1.29 is 14.7 Å². The van der Waals surface area contributed by atoms with Crippen LogP contribution in [0.15, 0.2) is 18.2 Å². The highest BCUT2D eigenvalue weighted by Crippen LogP contribution is 2.19. The zero-order valence-electron chi connectivity index (χ0n) is 9.97. The third-order valence-corrected chi connectivity index (χ3v) is 2.53. The van der Waals surface area contributed by atoms with Crippen LogP contribution < -0.4 is 11.1 Å². The molecule has 0 unspecified atom stereocenters. The summed E-state index contributed by atoms with van der Waals surface area (Å²) < 4.78 is 0. The fraction of sp³-hybridized carbons (Fsp3) is 0.0909. The number of nitrogen functional groups attached to an aromatic ring is 1.